The van der Waals surface area contributed by atoms with E-state index in [-0.39, 0.29) is 12.6 Å². The van der Waals surface area contributed by atoms with Crippen molar-refractivity contribution < 1.29 is 19.1 Å². The Morgan fingerprint density at radius 3 is 2.68 bits per heavy atom. The van der Waals surface area contributed by atoms with Crippen molar-refractivity contribution in [3.05, 3.63) is 101 Å². The number of hydrogen-bond donors (Lipinski definition) is 1. The summed E-state index contributed by atoms with van der Waals surface area (Å²) in [5.41, 5.74) is 5.77. The van der Waals surface area contributed by atoms with Crippen LogP contribution >= 0.6 is 11.6 Å². The molecule has 1 heterocycles. The molecule has 1 N–H and O–H groups in total. The molecule has 0 saturated heterocycles. The summed E-state index contributed by atoms with van der Waals surface area (Å²) in [6.45, 7) is 0.344. The fourth-order valence-corrected chi connectivity index (χ4v) is 3.72. The lowest BCUT2D eigenvalue weighted by Crippen LogP contribution is -2.24. The Labute approximate surface area is 201 Å². The summed E-state index contributed by atoms with van der Waals surface area (Å²) in [4.78, 5) is 24.0. The third-order valence-electron chi connectivity index (χ3n) is 5.11. The summed E-state index contributed by atoms with van der Waals surface area (Å²) >= 11 is 6.03. The standard InChI is InChI=1S/C26H22ClN3O4/c1-33-26(32)19-8-6-7-18(13-19)15-30-16-20(21-9-2-4-11-23(21)30)14-28-29-25(31)17-34-24-12-5-3-10-22(24)27/h2-14,16H,15,17H2,1H3,(H,29,31)/b28-14+. The van der Waals surface area contributed by atoms with Crippen LogP contribution in [0.15, 0.2) is 84.1 Å². The van der Waals surface area contributed by atoms with Crippen molar-refractivity contribution in [3.63, 3.8) is 0 Å². The van der Waals surface area contributed by atoms with Gasteiger partial charge >= 0.3 is 5.97 Å². The van der Waals surface area contributed by atoms with Crippen molar-refractivity contribution in [2.24, 2.45) is 5.10 Å². The van der Waals surface area contributed by atoms with E-state index in [0.29, 0.717) is 22.9 Å². The van der Waals surface area contributed by atoms with Crippen LogP contribution in [0, 0.1) is 0 Å². The van der Waals surface area contributed by atoms with E-state index in [4.69, 9.17) is 21.1 Å². The first-order valence-corrected chi connectivity index (χ1v) is 10.9. The minimum absolute atomic E-state index is 0.209. The molecule has 8 heteroatoms. The largest absolute Gasteiger partial charge is 0.482 e. The molecule has 0 spiro atoms. The molecule has 0 fully saturated rings. The number of methoxy groups -OCH3 is 1. The fraction of sp³-hybridized carbons (Fsp3) is 0.115. The number of amides is 1. The molecule has 1 aromatic heterocycles. The van der Waals surface area contributed by atoms with E-state index in [2.05, 4.69) is 15.1 Å². The van der Waals surface area contributed by atoms with Gasteiger partial charge in [-0.15, -0.1) is 0 Å². The minimum atomic E-state index is -0.403. The van der Waals surface area contributed by atoms with Crippen LogP contribution in [0.3, 0.4) is 0 Å². The van der Waals surface area contributed by atoms with Gasteiger partial charge in [0.15, 0.2) is 6.61 Å². The quantitative estimate of drug-likeness (QED) is 0.228. The van der Waals surface area contributed by atoms with Crippen molar-refractivity contribution in [3.8, 4) is 5.75 Å². The van der Waals surface area contributed by atoms with E-state index < -0.39 is 5.91 Å². The molecule has 4 rings (SSSR count). The van der Waals surface area contributed by atoms with E-state index in [9.17, 15) is 9.59 Å². The Balaban J connectivity index is 1.46. The molecule has 3 aromatic carbocycles. The molecule has 0 aliphatic carbocycles. The highest BCUT2D eigenvalue weighted by Gasteiger charge is 2.10. The molecule has 0 saturated carbocycles. The number of esters is 1. The molecule has 0 aliphatic rings. The monoisotopic (exact) mass is 475 g/mol. The first-order valence-electron chi connectivity index (χ1n) is 10.5. The lowest BCUT2D eigenvalue weighted by atomic mass is 10.1. The highest BCUT2D eigenvalue weighted by molar-refractivity contribution is 6.32. The zero-order chi connectivity index (χ0) is 23.9. The van der Waals surface area contributed by atoms with Gasteiger partial charge in [0, 0.05) is 29.2 Å². The van der Waals surface area contributed by atoms with E-state index in [1.54, 1.807) is 36.5 Å². The molecular weight excluding hydrogens is 454 g/mol. The first kappa shape index (κ1) is 23.1. The van der Waals surface area contributed by atoms with Crippen LogP contribution in [0.5, 0.6) is 5.75 Å². The molecule has 4 aromatic rings. The van der Waals surface area contributed by atoms with Gasteiger partial charge in [0.05, 0.1) is 23.9 Å². The molecule has 34 heavy (non-hydrogen) atoms. The van der Waals surface area contributed by atoms with E-state index in [1.165, 1.54) is 7.11 Å². The molecule has 172 valence electrons. The number of nitrogens with one attached hydrogen (secondary N) is 1. The maximum Gasteiger partial charge on any atom is 0.337 e. The average Bonchev–Trinajstić information content (AvgIpc) is 3.20. The molecule has 0 bridgehead atoms. The van der Waals surface area contributed by atoms with E-state index >= 15 is 0 Å². The number of hydrazone groups is 1. The summed E-state index contributed by atoms with van der Waals surface area (Å²) in [5, 5.41) is 5.50. The maximum absolute atomic E-state index is 12.1. The van der Waals surface area contributed by atoms with Crippen LogP contribution in [-0.4, -0.2) is 36.4 Å². The second-order valence-corrected chi connectivity index (χ2v) is 7.84. The van der Waals surface area contributed by atoms with Gasteiger partial charge in [-0.2, -0.15) is 5.10 Å². The van der Waals surface area contributed by atoms with Gasteiger partial charge in [-0.1, -0.05) is 54.1 Å². The Kier molecular flexibility index (Phi) is 7.25. The second-order valence-electron chi connectivity index (χ2n) is 7.43. The lowest BCUT2D eigenvalue weighted by Gasteiger charge is -2.07. The number of ether oxygens (including phenoxy) is 2. The van der Waals surface area contributed by atoms with E-state index in [1.807, 2.05) is 48.7 Å². The first-order chi connectivity index (χ1) is 16.5. The molecule has 0 aliphatic heterocycles. The number of para-hydroxylation sites is 2. The van der Waals surface area contributed by atoms with Crippen molar-refractivity contribution in [1.82, 2.24) is 9.99 Å². The number of carbonyl (C=O) groups is 2. The smallest absolute Gasteiger partial charge is 0.337 e. The summed E-state index contributed by atoms with van der Waals surface area (Å²) in [6.07, 6.45) is 3.54. The summed E-state index contributed by atoms with van der Waals surface area (Å²) in [5.74, 6) is -0.344. The van der Waals surface area contributed by atoms with Gasteiger partial charge in [-0.25, -0.2) is 10.2 Å². The number of fused-ring (bicyclic) bond motifs is 1. The van der Waals surface area contributed by atoms with Crippen LogP contribution in [0.25, 0.3) is 10.9 Å². The topological polar surface area (TPSA) is 81.9 Å². The van der Waals surface area contributed by atoms with Gasteiger partial charge < -0.3 is 14.0 Å². The van der Waals surface area contributed by atoms with Gasteiger partial charge in [0.25, 0.3) is 5.91 Å². The number of benzene rings is 3. The summed E-state index contributed by atoms with van der Waals surface area (Å²) < 4.78 is 12.3. The van der Waals surface area contributed by atoms with Crippen molar-refractivity contribution in [2.45, 2.75) is 6.54 Å². The SMILES string of the molecule is COC(=O)c1cccc(Cn2cc(/C=N/NC(=O)COc3ccccc3Cl)c3ccccc32)c1. The Morgan fingerprint density at radius 1 is 1.06 bits per heavy atom. The normalized spacial score (nSPS) is 11.0. The summed E-state index contributed by atoms with van der Waals surface area (Å²) in [6, 6.07) is 22.1. The van der Waals surface area contributed by atoms with Gasteiger partial charge in [0.1, 0.15) is 5.75 Å². The third kappa shape index (κ3) is 5.44. The maximum atomic E-state index is 12.1. The molecule has 0 atom stereocenters. The van der Waals surface area contributed by atoms with Crippen LogP contribution in [0.2, 0.25) is 5.02 Å². The number of carbonyl (C=O) groups excluding carboxylic acids is 2. The van der Waals surface area contributed by atoms with Gasteiger partial charge in [0.2, 0.25) is 0 Å². The Hall–Kier alpha value is -4.10. The second kappa shape index (κ2) is 10.7. The van der Waals surface area contributed by atoms with Crippen molar-refractivity contribution >= 4 is 40.6 Å². The Morgan fingerprint density at radius 2 is 1.85 bits per heavy atom. The van der Waals surface area contributed by atoms with Crippen molar-refractivity contribution in [2.75, 3.05) is 13.7 Å². The minimum Gasteiger partial charge on any atom is -0.482 e. The molecule has 1 amide bonds. The van der Waals surface area contributed by atoms with Gasteiger partial charge in [-0.05, 0) is 35.9 Å². The number of hydrogen-bond acceptors (Lipinski definition) is 5. The third-order valence-corrected chi connectivity index (χ3v) is 5.42. The molecule has 0 unspecified atom stereocenters. The highest BCUT2D eigenvalue weighted by atomic mass is 35.5. The predicted octanol–water partition coefficient (Wildman–Crippen LogP) is 4.66. The average molecular weight is 476 g/mol. The lowest BCUT2D eigenvalue weighted by molar-refractivity contribution is -0.123. The number of rotatable bonds is 8. The van der Waals surface area contributed by atoms with Crippen LogP contribution in [-0.2, 0) is 16.1 Å². The van der Waals surface area contributed by atoms with Crippen LogP contribution in [0.1, 0.15) is 21.5 Å². The fourth-order valence-electron chi connectivity index (χ4n) is 3.53. The number of halogens is 1. The zero-order valence-electron chi connectivity index (χ0n) is 18.4. The van der Waals surface area contributed by atoms with Crippen LogP contribution in [0.4, 0.5) is 0 Å². The summed E-state index contributed by atoms with van der Waals surface area (Å²) in [7, 11) is 1.36. The zero-order valence-corrected chi connectivity index (χ0v) is 19.2. The highest BCUT2D eigenvalue weighted by Crippen LogP contribution is 2.23. The molecular formula is C26H22ClN3O4. The molecule has 0 radical (unpaired) electrons. The number of nitrogens with zero attached hydrogens (tertiary/aromatic N) is 2. The molecule has 7 nitrogen and oxygen atoms in total. The Bertz CT molecular complexity index is 1360. The van der Waals surface area contributed by atoms with E-state index in [0.717, 1.165) is 22.0 Å². The number of aromatic nitrogens is 1. The van der Waals surface area contributed by atoms with Crippen LogP contribution < -0.4 is 10.2 Å². The van der Waals surface area contributed by atoms with Gasteiger partial charge in [-0.3, -0.25) is 4.79 Å². The predicted molar refractivity (Wildman–Crippen MR) is 132 cm³/mol. The van der Waals surface area contributed by atoms with Crippen molar-refractivity contribution in [1.29, 1.82) is 0 Å².